The molecule has 3 rings (SSSR count). The van der Waals surface area contributed by atoms with Gasteiger partial charge in [0.05, 0.1) is 6.04 Å². The molecule has 0 bridgehead atoms. The van der Waals surface area contributed by atoms with E-state index in [1.54, 1.807) is 4.90 Å². The first-order valence-corrected chi connectivity index (χ1v) is 11.0. The van der Waals surface area contributed by atoms with Crippen LogP contribution < -0.4 is 5.32 Å². The summed E-state index contributed by atoms with van der Waals surface area (Å²) < 4.78 is 0. The van der Waals surface area contributed by atoms with E-state index in [4.69, 9.17) is 0 Å². The van der Waals surface area contributed by atoms with Gasteiger partial charge in [0.1, 0.15) is 6.54 Å². The maximum atomic E-state index is 13.2. The third-order valence-electron chi connectivity index (χ3n) is 5.86. The van der Waals surface area contributed by atoms with Crippen LogP contribution in [0.1, 0.15) is 55.8 Å². The lowest BCUT2D eigenvalue weighted by Crippen LogP contribution is -2.47. The van der Waals surface area contributed by atoms with E-state index in [9.17, 15) is 9.59 Å². The second-order valence-electron chi connectivity index (χ2n) is 8.14. The van der Waals surface area contributed by atoms with Crippen molar-refractivity contribution in [2.75, 3.05) is 25.0 Å². The molecule has 1 aliphatic heterocycles. The molecule has 0 aromatic heterocycles. The van der Waals surface area contributed by atoms with Crippen LogP contribution in [0.5, 0.6) is 0 Å². The van der Waals surface area contributed by atoms with Crippen molar-refractivity contribution in [3.63, 3.8) is 0 Å². The highest BCUT2D eigenvalue weighted by atomic mass is 16.2. The second-order valence-corrected chi connectivity index (χ2v) is 8.14. The van der Waals surface area contributed by atoms with E-state index >= 15 is 0 Å². The second kappa shape index (κ2) is 10.3. The Morgan fingerprint density at radius 2 is 1.83 bits per heavy atom. The van der Waals surface area contributed by atoms with Crippen LogP contribution in [-0.4, -0.2) is 41.4 Å². The van der Waals surface area contributed by atoms with Gasteiger partial charge in [-0.05, 0) is 49.9 Å². The van der Waals surface area contributed by atoms with E-state index in [1.165, 1.54) is 11.1 Å². The Hall–Kier alpha value is -2.82. The molecule has 160 valence electrons. The highest BCUT2D eigenvalue weighted by Gasteiger charge is 2.29. The number of unbranched alkanes of at least 4 members (excludes halogenated alkanes) is 2. The fourth-order valence-corrected chi connectivity index (χ4v) is 4.01. The molecule has 0 aliphatic carbocycles. The van der Waals surface area contributed by atoms with Gasteiger partial charge in [0.15, 0.2) is 0 Å². The smallest absolute Gasteiger partial charge is 0.322 e. The summed E-state index contributed by atoms with van der Waals surface area (Å²) in [4.78, 5) is 29.7. The molecule has 1 N–H and O–H groups in total. The highest BCUT2D eigenvalue weighted by molar-refractivity contribution is 5.92. The summed E-state index contributed by atoms with van der Waals surface area (Å²) in [5, 5.41) is 2.95. The number of nitrogens with zero attached hydrogens (tertiary/aromatic N) is 2. The Bertz CT molecular complexity index is 863. The monoisotopic (exact) mass is 407 g/mol. The van der Waals surface area contributed by atoms with Crippen molar-refractivity contribution in [3.8, 4) is 0 Å². The number of amides is 3. The lowest BCUT2D eigenvalue weighted by atomic mass is 9.93. The van der Waals surface area contributed by atoms with Gasteiger partial charge in [0.2, 0.25) is 5.91 Å². The quantitative estimate of drug-likeness (QED) is 0.644. The lowest BCUT2D eigenvalue weighted by Gasteiger charge is -2.36. The van der Waals surface area contributed by atoms with Crippen molar-refractivity contribution in [2.24, 2.45) is 0 Å². The Kier molecular flexibility index (Phi) is 7.50. The minimum Gasteiger partial charge on any atom is -0.334 e. The maximum absolute atomic E-state index is 13.2. The van der Waals surface area contributed by atoms with E-state index in [0.29, 0.717) is 13.1 Å². The number of rotatable bonds is 7. The van der Waals surface area contributed by atoms with Gasteiger partial charge in [-0.25, -0.2) is 4.79 Å². The van der Waals surface area contributed by atoms with Crippen LogP contribution in [0.3, 0.4) is 0 Å². The number of carbonyl (C=O) groups is 2. The van der Waals surface area contributed by atoms with Gasteiger partial charge >= 0.3 is 6.03 Å². The summed E-state index contributed by atoms with van der Waals surface area (Å²) in [5.41, 5.74) is 4.41. The average Bonchev–Trinajstić information content (AvgIpc) is 2.75. The van der Waals surface area contributed by atoms with Crippen LogP contribution >= 0.6 is 0 Å². The summed E-state index contributed by atoms with van der Waals surface area (Å²) in [5.74, 6) is 0.00700. The van der Waals surface area contributed by atoms with E-state index in [1.807, 2.05) is 48.2 Å². The van der Waals surface area contributed by atoms with Gasteiger partial charge in [-0.1, -0.05) is 61.7 Å². The van der Waals surface area contributed by atoms with Gasteiger partial charge < -0.3 is 15.1 Å². The van der Waals surface area contributed by atoms with Gasteiger partial charge in [0.25, 0.3) is 0 Å². The van der Waals surface area contributed by atoms with E-state index in [2.05, 4.69) is 31.3 Å². The molecule has 3 amide bonds. The highest BCUT2D eigenvalue weighted by Crippen LogP contribution is 2.29. The topological polar surface area (TPSA) is 52.7 Å². The number of hydrogen-bond donors (Lipinski definition) is 1. The van der Waals surface area contributed by atoms with Crippen molar-refractivity contribution in [1.82, 2.24) is 9.80 Å². The molecule has 0 saturated carbocycles. The normalized spacial score (nSPS) is 15.4. The number of aryl methyl sites for hydroxylation is 1. The predicted octanol–water partition coefficient (Wildman–Crippen LogP) is 5.17. The fraction of sp³-hybridized carbons (Fsp3) is 0.440. The number of benzene rings is 2. The predicted molar refractivity (Wildman–Crippen MR) is 122 cm³/mol. The molecule has 30 heavy (non-hydrogen) atoms. The molecule has 1 heterocycles. The van der Waals surface area contributed by atoms with Crippen molar-refractivity contribution in [1.29, 1.82) is 0 Å². The van der Waals surface area contributed by atoms with Crippen LogP contribution in [0, 0.1) is 6.92 Å². The van der Waals surface area contributed by atoms with Crippen molar-refractivity contribution in [2.45, 2.75) is 52.5 Å². The summed E-state index contributed by atoms with van der Waals surface area (Å²) in [6.07, 6.45) is 3.86. The van der Waals surface area contributed by atoms with E-state index < -0.39 is 0 Å². The van der Waals surface area contributed by atoms with Crippen molar-refractivity contribution in [3.05, 3.63) is 65.2 Å². The Morgan fingerprint density at radius 1 is 1.10 bits per heavy atom. The van der Waals surface area contributed by atoms with Crippen LogP contribution in [-0.2, 0) is 11.2 Å². The fourth-order valence-electron chi connectivity index (χ4n) is 4.01. The Labute approximate surface area is 180 Å². The molecule has 2 aromatic rings. The molecule has 5 nitrogen and oxygen atoms in total. The molecule has 0 saturated heterocycles. The Balaban J connectivity index is 1.68. The first kappa shape index (κ1) is 21.9. The zero-order chi connectivity index (χ0) is 21.5. The number of hydrogen-bond acceptors (Lipinski definition) is 2. The standard InChI is InChI=1S/C25H33N3O2/c1-4-5-8-16-27(25(30)26-22-13-11-19(2)12-14-22)18-24(29)28-17-15-21-9-6-7-10-23(21)20(28)3/h6-7,9-14,20H,4-5,8,15-18H2,1-3H3,(H,26,30). The number of fused-ring (bicyclic) bond motifs is 1. The van der Waals surface area contributed by atoms with Gasteiger partial charge in [0, 0.05) is 18.8 Å². The number of urea groups is 1. The van der Waals surface area contributed by atoms with Crippen LogP contribution in [0.15, 0.2) is 48.5 Å². The molecule has 0 radical (unpaired) electrons. The van der Waals surface area contributed by atoms with Gasteiger partial charge in [-0.3, -0.25) is 4.79 Å². The number of anilines is 1. The molecule has 0 fully saturated rings. The lowest BCUT2D eigenvalue weighted by molar-refractivity contribution is -0.134. The first-order chi connectivity index (χ1) is 14.5. The van der Waals surface area contributed by atoms with Crippen LogP contribution in [0.25, 0.3) is 0 Å². The van der Waals surface area contributed by atoms with Gasteiger partial charge in [-0.2, -0.15) is 0 Å². The summed E-state index contributed by atoms with van der Waals surface area (Å²) in [7, 11) is 0. The minimum absolute atomic E-state index is 0.00700. The maximum Gasteiger partial charge on any atom is 0.322 e. The molecule has 2 aromatic carbocycles. The summed E-state index contributed by atoms with van der Waals surface area (Å²) in [6, 6.07) is 15.8. The van der Waals surface area contributed by atoms with E-state index in [0.717, 1.165) is 36.9 Å². The molecular weight excluding hydrogens is 374 g/mol. The van der Waals surface area contributed by atoms with Crippen molar-refractivity contribution < 1.29 is 9.59 Å². The van der Waals surface area contributed by atoms with Crippen LogP contribution in [0.4, 0.5) is 10.5 Å². The van der Waals surface area contributed by atoms with Crippen LogP contribution in [0.2, 0.25) is 0 Å². The number of carbonyl (C=O) groups excluding carboxylic acids is 2. The minimum atomic E-state index is -0.214. The summed E-state index contributed by atoms with van der Waals surface area (Å²) >= 11 is 0. The largest absolute Gasteiger partial charge is 0.334 e. The Morgan fingerprint density at radius 3 is 2.57 bits per heavy atom. The molecular formula is C25H33N3O2. The third kappa shape index (κ3) is 5.41. The van der Waals surface area contributed by atoms with Crippen molar-refractivity contribution >= 4 is 17.6 Å². The van der Waals surface area contributed by atoms with E-state index in [-0.39, 0.29) is 24.5 Å². The molecule has 1 atom stereocenters. The number of nitrogens with one attached hydrogen (secondary N) is 1. The molecule has 1 unspecified atom stereocenters. The molecule has 5 heteroatoms. The molecule has 0 spiro atoms. The van der Waals surface area contributed by atoms with Gasteiger partial charge in [-0.15, -0.1) is 0 Å². The summed E-state index contributed by atoms with van der Waals surface area (Å²) in [6.45, 7) is 7.60. The third-order valence-corrected chi connectivity index (χ3v) is 5.86. The SMILES string of the molecule is CCCCCN(CC(=O)N1CCc2ccccc2C1C)C(=O)Nc1ccc(C)cc1. The average molecular weight is 408 g/mol. The molecule has 1 aliphatic rings. The zero-order valence-electron chi connectivity index (χ0n) is 18.4. The zero-order valence-corrected chi connectivity index (χ0v) is 18.4. The first-order valence-electron chi connectivity index (χ1n) is 11.0.